The van der Waals surface area contributed by atoms with Crippen LogP contribution < -0.4 is 10.6 Å². The van der Waals surface area contributed by atoms with Gasteiger partial charge < -0.3 is 10.6 Å². The molecular formula is C16H19ClN2OS. The Bertz CT molecular complexity index is 626. The Morgan fingerprint density at radius 3 is 2.52 bits per heavy atom. The maximum atomic E-state index is 11.1. The lowest BCUT2D eigenvalue weighted by Gasteiger charge is -2.20. The van der Waals surface area contributed by atoms with Crippen LogP contribution in [0.5, 0.6) is 0 Å². The van der Waals surface area contributed by atoms with E-state index in [-0.39, 0.29) is 18.0 Å². The molecule has 2 N–H and O–H groups in total. The Kier molecular flexibility index (Phi) is 5.39. The van der Waals surface area contributed by atoms with Crippen molar-refractivity contribution in [2.24, 2.45) is 0 Å². The second kappa shape index (κ2) is 7.07. The van der Waals surface area contributed by atoms with Gasteiger partial charge in [-0.2, -0.15) is 0 Å². The third-order valence-electron chi connectivity index (χ3n) is 3.29. The molecule has 1 heterocycles. The summed E-state index contributed by atoms with van der Waals surface area (Å²) in [5.41, 5.74) is 3.14. The van der Waals surface area contributed by atoms with Crippen LogP contribution in [-0.2, 0) is 4.79 Å². The summed E-state index contributed by atoms with van der Waals surface area (Å²) in [6.45, 7) is 5.74. The van der Waals surface area contributed by atoms with Crippen molar-refractivity contribution in [3.05, 3.63) is 51.2 Å². The van der Waals surface area contributed by atoms with Gasteiger partial charge in [0.2, 0.25) is 5.91 Å². The first-order valence-corrected chi connectivity index (χ1v) is 8.09. The van der Waals surface area contributed by atoms with Gasteiger partial charge in [-0.15, -0.1) is 11.3 Å². The fourth-order valence-corrected chi connectivity index (χ4v) is 3.19. The molecule has 112 valence electrons. The first-order chi connectivity index (χ1) is 9.95. The van der Waals surface area contributed by atoms with Crippen LogP contribution in [0, 0.1) is 0 Å². The molecule has 0 saturated heterocycles. The van der Waals surface area contributed by atoms with Crippen LogP contribution in [0.1, 0.15) is 44.0 Å². The SMILES string of the molecule is CC(=O)Nc1cccc(C(C)NC(C)c2csc(Cl)c2)c1. The molecule has 0 radical (unpaired) electrons. The molecule has 0 aliphatic carbocycles. The average Bonchev–Trinajstić information content (AvgIpc) is 2.85. The predicted molar refractivity (Wildman–Crippen MR) is 90.0 cm³/mol. The molecule has 0 fully saturated rings. The standard InChI is InChI=1S/C16H19ClN2OS/c1-10(18-11(2)14-8-16(17)21-9-14)13-5-4-6-15(7-13)19-12(3)20/h4-11,18H,1-3H3,(H,19,20). The maximum absolute atomic E-state index is 11.1. The highest BCUT2D eigenvalue weighted by Crippen LogP contribution is 2.27. The molecule has 0 aliphatic rings. The summed E-state index contributed by atoms with van der Waals surface area (Å²) >= 11 is 7.52. The van der Waals surface area contributed by atoms with Crippen LogP contribution in [0.4, 0.5) is 5.69 Å². The van der Waals surface area contributed by atoms with Crippen LogP contribution in [-0.4, -0.2) is 5.91 Å². The first kappa shape index (κ1) is 16.0. The van der Waals surface area contributed by atoms with Crippen molar-refractivity contribution in [1.82, 2.24) is 5.32 Å². The number of hydrogen-bond donors (Lipinski definition) is 2. The number of hydrogen-bond acceptors (Lipinski definition) is 3. The van der Waals surface area contributed by atoms with E-state index in [4.69, 9.17) is 11.6 Å². The van der Waals surface area contributed by atoms with Gasteiger partial charge in [-0.3, -0.25) is 4.79 Å². The number of thiophene rings is 1. The Labute approximate surface area is 134 Å². The van der Waals surface area contributed by atoms with Gasteiger partial charge in [-0.25, -0.2) is 0 Å². The van der Waals surface area contributed by atoms with E-state index in [0.29, 0.717) is 0 Å². The highest BCUT2D eigenvalue weighted by atomic mass is 35.5. The third kappa shape index (κ3) is 4.56. The van der Waals surface area contributed by atoms with Crippen molar-refractivity contribution in [2.75, 3.05) is 5.32 Å². The minimum atomic E-state index is -0.0611. The van der Waals surface area contributed by atoms with E-state index in [9.17, 15) is 4.79 Å². The Morgan fingerprint density at radius 2 is 1.90 bits per heavy atom. The minimum absolute atomic E-state index is 0.0611. The van der Waals surface area contributed by atoms with Crippen LogP contribution in [0.25, 0.3) is 0 Å². The second-order valence-electron chi connectivity index (χ2n) is 5.10. The van der Waals surface area contributed by atoms with Crippen LogP contribution in [0.15, 0.2) is 35.7 Å². The molecule has 1 aromatic carbocycles. The molecule has 5 heteroatoms. The highest BCUT2D eigenvalue weighted by molar-refractivity contribution is 7.14. The molecule has 2 unspecified atom stereocenters. The molecule has 2 atom stereocenters. The Balaban J connectivity index is 2.05. The highest BCUT2D eigenvalue weighted by Gasteiger charge is 2.13. The van der Waals surface area contributed by atoms with Crippen molar-refractivity contribution < 1.29 is 4.79 Å². The molecule has 0 aliphatic heterocycles. The number of benzene rings is 1. The monoisotopic (exact) mass is 322 g/mol. The number of carbonyl (C=O) groups excluding carboxylic acids is 1. The van der Waals surface area contributed by atoms with Crippen molar-refractivity contribution in [3.8, 4) is 0 Å². The minimum Gasteiger partial charge on any atom is -0.326 e. The second-order valence-corrected chi connectivity index (χ2v) is 6.64. The van der Waals surface area contributed by atoms with Gasteiger partial charge in [-0.1, -0.05) is 23.7 Å². The number of amides is 1. The molecule has 0 spiro atoms. The summed E-state index contributed by atoms with van der Waals surface area (Å²) in [6, 6.07) is 10.3. The lowest BCUT2D eigenvalue weighted by atomic mass is 10.1. The van der Waals surface area contributed by atoms with Gasteiger partial charge in [0.1, 0.15) is 0 Å². The summed E-state index contributed by atoms with van der Waals surface area (Å²) in [7, 11) is 0. The smallest absolute Gasteiger partial charge is 0.221 e. The van der Waals surface area contributed by atoms with Gasteiger partial charge in [-0.05, 0) is 48.6 Å². The maximum Gasteiger partial charge on any atom is 0.221 e. The number of anilines is 1. The van der Waals surface area contributed by atoms with Crippen LogP contribution in [0.2, 0.25) is 4.34 Å². The van der Waals surface area contributed by atoms with Crippen LogP contribution >= 0.6 is 22.9 Å². The van der Waals surface area contributed by atoms with Crippen molar-refractivity contribution >= 4 is 34.5 Å². The van der Waals surface area contributed by atoms with E-state index in [1.165, 1.54) is 12.5 Å². The molecule has 1 amide bonds. The van der Waals surface area contributed by atoms with Crippen molar-refractivity contribution in [1.29, 1.82) is 0 Å². The molecular weight excluding hydrogens is 304 g/mol. The zero-order valence-corrected chi connectivity index (χ0v) is 13.9. The fourth-order valence-electron chi connectivity index (χ4n) is 2.21. The first-order valence-electron chi connectivity index (χ1n) is 6.83. The number of halogens is 1. The largest absolute Gasteiger partial charge is 0.326 e. The predicted octanol–water partition coefficient (Wildman–Crippen LogP) is 4.77. The number of carbonyl (C=O) groups is 1. The molecule has 21 heavy (non-hydrogen) atoms. The molecule has 2 rings (SSSR count). The molecule has 2 aromatic rings. The van der Waals surface area contributed by atoms with E-state index in [0.717, 1.165) is 15.6 Å². The van der Waals surface area contributed by atoms with E-state index in [1.54, 1.807) is 11.3 Å². The summed E-state index contributed by atoms with van der Waals surface area (Å²) < 4.78 is 0.805. The van der Waals surface area contributed by atoms with Crippen molar-refractivity contribution in [3.63, 3.8) is 0 Å². The summed E-state index contributed by atoms with van der Waals surface area (Å²) in [5, 5.41) is 8.42. The summed E-state index contributed by atoms with van der Waals surface area (Å²) in [5.74, 6) is -0.0611. The van der Waals surface area contributed by atoms with Gasteiger partial charge in [0.05, 0.1) is 4.34 Å². The number of rotatable bonds is 5. The normalized spacial score (nSPS) is 13.7. The van der Waals surface area contributed by atoms with Gasteiger partial charge in [0.25, 0.3) is 0 Å². The quantitative estimate of drug-likeness (QED) is 0.832. The molecule has 0 saturated carbocycles. The summed E-state index contributed by atoms with van der Waals surface area (Å²) in [4.78, 5) is 11.1. The average molecular weight is 323 g/mol. The number of nitrogens with one attached hydrogen (secondary N) is 2. The van der Waals surface area contributed by atoms with Crippen LogP contribution in [0.3, 0.4) is 0 Å². The third-order valence-corrected chi connectivity index (χ3v) is 4.40. The lowest BCUT2D eigenvalue weighted by Crippen LogP contribution is -2.22. The van der Waals surface area contributed by atoms with E-state index in [1.807, 2.05) is 24.3 Å². The van der Waals surface area contributed by atoms with Gasteiger partial charge in [0.15, 0.2) is 0 Å². The van der Waals surface area contributed by atoms with E-state index >= 15 is 0 Å². The topological polar surface area (TPSA) is 41.1 Å². The Morgan fingerprint density at radius 1 is 1.19 bits per heavy atom. The lowest BCUT2D eigenvalue weighted by molar-refractivity contribution is -0.114. The van der Waals surface area contributed by atoms with E-state index in [2.05, 4.69) is 35.9 Å². The fraction of sp³-hybridized carbons (Fsp3) is 0.312. The molecule has 3 nitrogen and oxygen atoms in total. The zero-order valence-electron chi connectivity index (χ0n) is 12.3. The van der Waals surface area contributed by atoms with Crippen molar-refractivity contribution in [2.45, 2.75) is 32.9 Å². The van der Waals surface area contributed by atoms with E-state index < -0.39 is 0 Å². The molecule has 1 aromatic heterocycles. The summed E-state index contributed by atoms with van der Waals surface area (Å²) in [6.07, 6.45) is 0. The van der Waals surface area contributed by atoms with Gasteiger partial charge >= 0.3 is 0 Å². The molecule has 0 bridgehead atoms. The van der Waals surface area contributed by atoms with Gasteiger partial charge in [0, 0.05) is 24.7 Å². The zero-order chi connectivity index (χ0) is 15.4. The Hall–Kier alpha value is -1.36.